The molecule has 1 heterocycles. The average Bonchev–Trinajstić information content (AvgIpc) is 3.12. The monoisotopic (exact) mass is 280 g/mol. The smallest absolute Gasteiger partial charge is 0.243 e. The van der Waals surface area contributed by atoms with Crippen molar-refractivity contribution in [1.29, 1.82) is 0 Å². The summed E-state index contributed by atoms with van der Waals surface area (Å²) in [5.41, 5.74) is 5.82. The molecular formula is C13H13FN2O2S. The fourth-order valence-corrected chi connectivity index (χ4v) is 3.26. The van der Waals surface area contributed by atoms with Crippen molar-refractivity contribution in [3.05, 3.63) is 24.0 Å². The number of likely N-dealkylation sites (tertiary alicyclic amines) is 1. The van der Waals surface area contributed by atoms with Crippen LogP contribution in [0.25, 0.3) is 0 Å². The van der Waals surface area contributed by atoms with E-state index < -0.39 is 11.1 Å². The molecule has 2 aliphatic rings. The van der Waals surface area contributed by atoms with Crippen molar-refractivity contribution in [2.45, 2.75) is 35.4 Å². The Morgan fingerprint density at radius 1 is 1.32 bits per heavy atom. The fraction of sp³-hybridized carbons (Fsp3) is 0.385. The van der Waals surface area contributed by atoms with Gasteiger partial charge in [-0.2, -0.15) is 0 Å². The van der Waals surface area contributed by atoms with E-state index in [2.05, 4.69) is 0 Å². The van der Waals surface area contributed by atoms with Gasteiger partial charge in [-0.15, -0.1) is 11.8 Å². The van der Waals surface area contributed by atoms with E-state index in [1.807, 2.05) is 0 Å². The Labute approximate surface area is 114 Å². The number of hydrogen-bond donors (Lipinski definition) is 1. The fourth-order valence-electron chi connectivity index (χ4n) is 2.20. The Hall–Kier alpha value is -1.56. The molecule has 1 saturated heterocycles. The number of nitrogens with zero attached hydrogens (tertiary/aromatic N) is 1. The zero-order valence-electron chi connectivity index (χ0n) is 10.1. The number of hydrogen-bond acceptors (Lipinski definition) is 4. The van der Waals surface area contributed by atoms with Crippen LogP contribution in [0.3, 0.4) is 0 Å². The minimum Gasteiger partial charge on any atom is -0.399 e. The third-order valence-corrected chi connectivity index (χ3v) is 4.52. The van der Waals surface area contributed by atoms with Gasteiger partial charge >= 0.3 is 0 Å². The SMILES string of the molecule is Nc1ccc(SC2CC(=O)N(C3CC3)C2=O)c(F)c1. The standard InChI is InChI=1S/C13H13FN2O2S/c14-9-5-7(15)1-4-10(9)19-11-6-12(17)16(13(11)18)8-2-3-8/h1,4-5,8,11H,2-3,6,15H2. The highest BCUT2D eigenvalue weighted by Crippen LogP contribution is 2.38. The molecular weight excluding hydrogens is 267 g/mol. The number of amides is 2. The summed E-state index contributed by atoms with van der Waals surface area (Å²) in [4.78, 5) is 25.6. The van der Waals surface area contributed by atoms with Crippen LogP contribution in [-0.4, -0.2) is 28.0 Å². The van der Waals surface area contributed by atoms with Crippen LogP contribution in [0.4, 0.5) is 10.1 Å². The minimum atomic E-state index is -0.508. The average molecular weight is 280 g/mol. The molecule has 0 radical (unpaired) electrons. The lowest BCUT2D eigenvalue weighted by Crippen LogP contribution is -2.33. The van der Waals surface area contributed by atoms with Gasteiger partial charge in [-0.25, -0.2) is 4.39 Å². The summed E-state index contributed by atoms with van der Waals surface area (Å²) in [5, 5.41) is -0.508. The van der Waals surface area contributed by atoms with Crippen molar-refractivity contribution in [2.24, 2.45) is 0 Å². The van der Waals surface area contributed by atoms with Crippen LogP contribution >= 0.6 is 11.8 Å². The largest absolute Gasteiger partial charge is 0.399 e. The van der Waals surface area contributed by atoms with Crippen LogP contribution in [-0.2, 0) is 9.59 Å². The molecule has 1 aromatic rings. The molecule has 1 aromatic carbocycles. The van der Waals surface area contributed by atoms with Gasteiger partial charge in [-0.05, 0) is 31.0 Å². The molecule has 100 valence electrons. The van der Waals surface area contributed by atoms with Gasteiger partial charge in [0.15, 0.2) is 0 Å². The maximum atomic E-state index is 13.7. The number of thioether (sulfide) groups is 1. The Kier molecular flexibility index (Phi) is 2.97. The summed E-state index contributed by atoms with van der Waals surface area (Å²) in [7, 11) is 0. The van der Waals surface area contributed by atoms with Crippen molar-refractivity contribution in [2.75, 3.05) is 5.73 Å². The lowest BCUT2D eigenvalue weighted by atomic mass is 10.3. The molecule has 1 aliphatic carbocycles. The van der Waals surface area contributed by atoms with Crippen LogP contribution in [0.5, 0.6) is 0 Å². The second kappa shape index (κ2) is 4.52. The second-order valence-corrected chi connectivity index (χ2v) is 6.08. The number of anilines is 1. The number of carbonyl (C=O) groups is 2. The molecule has 2 amide bonds. The third-order valence-electron chi connectivity index (χ3n) is 3.28. The maximum absolute atomic E-state index is 13.7. The predicted octanol–water partition coefficient (Wildman–Crippen LogP) is 1.79. The van der Waals surface area contributed by atoms with Crippen molar-refractivity contribution in [3.63, 3.8) is 0 Å². The van der Waals surface area contributed by atoms with E-state index >= 15 is 0 Å². The molecule has 1 aliphatic heterocycles. The maximum Gasteiger partial charge on any atom is 0.243 e. The van der Waals surface area contributed by atoms with Crippen LogP contribution in [0, 0.1) is 5.82 Å². The third kappa shape index (κ3) is 2.32. The van der Waals surface area contributed by atoms with Crippen molar-refractivity contribution in [3.8, 4) is 0 Å². The molecule has 4 nitrogen and oxygen atoms in total. The first-order chi connectivity index (χ1) is 9.06. The van der Waals surface area contributed by atoms with Gasteiger partial charge in [-0.3, -0.25) is 14.5 Å². The number of benzene rings is 1. The Morgan fingerprint density at radius 2 is 2.05 bits per heavy atom. The van der Waals surface area contributed by atoms with Crippen LogP contribution in [0.2, 0.25) is 0 Å². The number of nitrogens with two attached hydrogens (primary N) is 1. The summed E-state index contributed by atoms with van der Waals surface area (Å²) in [5.74, 6) is -0.773. The number of rotatable bonds is 3. The molecule has 0 aromatic heterocycles. The highest BCUT2D eigenvalue weighted by Gasteiger charge is 2.46. The highest BCUT2D eigenvalue weighted by atomic mass is 32.2. The summed E-state index contributed by atoms with van der Waals surface area (Å²) < 4.78 is 13.7. The molecule has 2 fully saturated rings. The molecule has 6 heteroatoms. The molecule has 1 atom stereocenters. The minimum absolute atomic E-state index is 0.0851. The zero-order valence-corrected chi connectivity index (χ0v) is 11.0. The van der Waals surface area contributed by atoms with Gasteiger partial charge in [0.05, 0.1) is 5.25 Å². The first-order valence-corrected chi connectivity index (χ1v) is 7.02. The van der Waals surface area contributed by atoms with Crippen molar-refractivity contribution < 1.29 is 14.0 Å². The predicted molar refractivity (Wildman–Crippen MR) is 69.9 cm³/mol. The van der Waals surface area contributed by atoms with E-state index in [0.29, 0.717) is 10.6 Å². The molecule has 0 bridgehead atoms. The number of halogens is 1. The van der Waals surface area contributed by atoms with Crippen LogP contribution in [0.15, 0.2) is 23.1 Å². The first-order valence-electron chi connectivity index (χ1n) is 6.14. The van der Waals surface area contributed by atoms with E-state index in [9.17, 15) is 14.0 Å². The topological polar surface area (TPSA) is 63.4 Å². The van der Waals surface area contributed by atoms with Crippen LogP contribution in [0.1, 0.15) is 19.3 Å². The van der Waals surface area contributed by atoms with Gasteiger partial charge in [0.2, 0.25) is 11.8 Å². The lowest BCUT2D eigenvalue weighted by Gasteiger charge is -2.13. The summed E-state index contributed by atoms with van der Waals surface area (Å²) >= 11 is 1.10. The van der Waals surface area contributed by atoms with Crippen LogP contribution < -0.4 is 5.73 Å². The Bertz CT molecular complexity index is 560. The molecule has 0 spiro atoms. The lowest BCUT2D eigenvalue weighted by molar-refractivity contribution is -0.138. The van der Waals surface area contributed by atoms with Crippen molar-refractivity contribution >= 4 is 29.3 Å². The van der Waals surface area contributed by atoms with E-state index in [1.165, 1.54) is 11.0 Å². The van der Waals surface area contributed by atoms with Gasteiger partial charge in [0.25, 0.3) is 0 Å². The zero-order chi connectivity index (χ0) is 13.6. The molecule has 2 N–H and O–H groups in total. The van der Waals surface area contributed by atoms with Crippen molar-refractivity contribution in [1.82, 2.24) is 4.90 Å². The quantitative estimate of drug-likeness (QED) is 0.677. The molecule has 1 unspecified atom stereocenters. The van der Waals surface area contributed by atoms with E-state index in [-0.39, 0.29) is 24.3 Å². The van der Waals surface area contributed by atoms with E-state index in [4.69, 9.17) is 5.73 Å². The number of imide groups is 1. The normalized spacial score (nSPS) is 23.2. The first kappa shape index (κ1) is 12.5. The van der Waals surface area contributed by atoms with Gasteiger partial charge in [0.1, 0.15) is 5.82 Å². The second-order valence-electron chi connectivity index (χ2n) is 4.83. The van der Waals surface area contributed by atoms with E-state index in [0.717, 1.165) is 24.6 Å². The van der Waals surface area contributed by atoms with E-state index in [1.54, 1.807) is 12.1 Å². The Balaban J connectivity index is 1.76. The highest BCUT2D eigenvalue weighted by molar-refractivity contribution is 8.00. The molecule has 3 rings (SSSR count). The van der Waals surface area contributed by atoms with Gasteiger partial charge < -0.3 is 5.73 Å². The van der Waals surface area contributed by atoms with Gasteiger partial charge in [0, 0.05) is 23.0 Å². The molecule has 19 heavy (non-hydrogen) atoms. The van der Waals surface area contributed by atoms with Gasteiger partial charge in [-0.1, -0.05) is 0 Å². The number of nitrogen functional groups attached to an aromatic ring is 1. The summed E-state index contributed by atoms with van der Waals surface area (Å²) in [6.45, 7) is 0. The number of carbonyl (C=O) groups excluding carboxylic acids is 2. The summed E-state index contributed by atoms with van der Waals surface area (Å²) in [6, 6.07) is 4.45. The molecule has 1 saturated carbocycles. The summed E-state index contributed by atoms with van der Waals surface area (Å²) in [6.07, 6.45) is 1.94. The Morgan fingerprint density at radius 3 is 2.68 bits per heavy atom.